The highest BCUT2D eigenvalue weighted by Gasteiger charge is 2.27. The van der Waals surface area contributed by atoms with Crippen molar-refractivity contribution in [1.29, 1.82) is 0 Å². The quantitative estimate of drug-likeness (QED) is 0.661. The maximum atomic E-state index is 10.1. The highest BCUT2D eigenvalue weighted by atomic mass is 16.5. The minimum Gasteiger partial charge on any atom is -0.389 e. The van der Waals surface area contributed by atoms with Gasteiger partial charge < -0.3 is 15.2 Å². The Hall–Kier alpha value is -0.160. The van der Waals surface area contributed by atoms with E-state index >= 15 is 0 Å². The number of aliphatic hydroxyl groups excluding tert-OH is 1. The topological polar surface area (TPSA) is 44.7 Å². The van der Waals surface area contributed by atoms with E-state index in [-0.39, 0.29) is 12.2 Å². The zero-order valence-electron chi connectivity index (χ0n) is 12.5. The molecule has 2 rings (SSSR count). The average molecular weight is 270 g/mol. The largest absolute Gasteiger partial charge is 0.389 e. The van der Waals surface area contributed by atoms with Gasteiger partial charge in [-0.1, -0.05) is 0 Å². The minimum absolute atomic E-state index is 0.197. The Bertz CT molecular complexity index is 251. The summed E-state index contributed by atoms with van der Waals surface area (Å²) in [6.07, 6.45) is 5.15. The minimum atomic E-state index is -0.359. The van der Waals surface area contributed by atoms with Crippen LogP contribution in [0.3, 0.4) is 0 Å². The van der Waals surface area contributed by atoms with Gasteiger partial charge in [-0.15, -0.1) is 0 Å². The first-order valence-electron chi connectivity index (χ1n) is 7.89. The van der Waals surface area contributed by atoms with Crippen LogP contribution >= 0.6 is 0 Å². The first kappa shape index (κ1) is 15.2. The first-order chi connectivity index (χ1) is 9.13. The van der Waals surface area contributed by atoms with Gasteiger partial charge in [-0.05, 0) is 52.0 Å². The third-order valence-corrected chi connectivity index (χ3v) is 3.95. The fraction of sp³-hybridized carbons (Fsp3) is 1.00. The van der Waals surface area contributed by atoms with Crippen LogP contribution in [0.2, 0.25) is 0 Å². The number of ether oxygens (including phenoxy) is 1. The van der Waals surface area contributed by atoms with E-state index in [4.69, 9.17) is 4.74 Å². The van der Waals surface area contributed by atoms with Crippen LogP contribution < -0.4 is 5.32 Å². The molecule has 1 aliphatic heterocycles. The molecule has 1 saturated carbocycles. The molecule has 0 radical (unpaired) electrons. The summed E-state index contributed by atoms with van der Waals surface area (Å²) in [5.41, 5.74) is 0. The molecule has 0 spiro atoms. The lowest BCUT2D eigenvalue weighted by Gasteiger charge is -2.28. The molecule has 2 N–H and O–H groups in total. The summed E-state index contributed by atoms with van der Waals surface area (Å²) < 4.78 is 5.50. The normalized spacial score (nSPS) is 25.4. The number of nitrogens with one attached hydrogen (secondary N) is 1. The van der Waals surface area contributed by atoms with E-state index in [1.54, 1.807) is 0 Å². The zero-order valence-corrected chi connectivity index (χ0v) is 12.5. The van der Waals surface area contributed by atoms with Gasteiger partial charge in [0.25, 0.3) is 0 Å². The monoisotopic (exact) mass is 270 g/mol. The van der Waals surface area contributed by atoms with Gasteiger partial charge in [0.2, 0.25) is 0 Å². The van der Waals surface area contributed by atoms with Crippen molar-refractivity contribution in [3.8, 4) is 0 Å². The Labute approximate surface area is 117 Å². The Morgan fingerprint density at radius 1 is 1.26 bits per heavy atom. The fourth-order valence-corrected chi connectivity index (χ4v) is 2.77. The van der Waals surface area contributed by atoms with E-state index in [0.717, 1.165) is 32.1 Å². The molecule has 4 heteroatoms. The van der Waals surface area contributed by atoms with Gasteiger partial charge in [-0.25, -0.2) is 0 Å². The van der Waals surface area contributed by atoms with Crippen LogP contribution in [0.25, 0.3) is 0 Å². The summed E-state index contributed by atoms with van der Waals surface area (Å²) in [7, 11) is 0. The molecule has 0 bridgehead atoms. The summed E-state index contributed by atoms with van der Waals surface area (Å²) >= 11 is 0. The molecule has 2 fully saturated rings. The smallest absolute Gasteiger partial charge is 0.0900 e. The SMILES string of the molecule is CC(C)OCC(O)CN(CC1CC1)CC1CCCN1. The number of rotatable bonds is 9. The summed E-state index contributed by atoms with van der Waals surface area (Å²) in [6, 6.07) is 0.622. The predicted molar refractivity (Wildman–Crippen MR) is 77.3 cm³/mol. The maximum absolute atomic E-state index is 10.1. The molecule has 112 valence electrons. The lowest BCUT2D eigenvalue weighted by Crippen LogP contribution is -2.43. The second-order valence-corrected chi connectivity index (χ2v) is 6.49. The molecule has 0 aromatic rings. The number of nitrogens with zero attached hydrogens (tertiary/aromatic N) is 1. The van der Waals surface area contributed by atoms with Gasteiger partial charge in [0.15, 0.2) is 0 Å². The average Bonchev–Trinajstić information content (AvgIpc) is 3.01. The highest BCUT2D eigenvalue weighted by molar-refractivity contribution is 4.83. The van der Waals surface area contributed by atoms with Crippen LogP contribution in [0.1, 0.15) is 39.5 Å². The summed E-state index contributed by atoms with van der Waals surface area (Å²) in [5, 5.41) is 13.6. The molecule has 0 aromatic carbocycles. The molecule has 2 atom stereocenters. The van der Waals surface area contributed by atoms with Crippen LogP contribution in [0.4, 0.5) is 0 Å². The number of aliphatic hydroxyl groups is 1. The van der Waals surface area contributed by atoms with Crippen molar-refractivity contribution in [3.05, 3.63) is 0 Å². The molecule has 0 aromatic heterocycles. The summed E-state index contributed by atoms with van der Waals surface area (Å²) in [5.74, 6) is 0.875. The molecule has 1 saturated heterocycles. The van der Waals surface area contributed by atoms with Gasteiger partial charge in [-0.2, -0.15) is 0 Å². The Kier molecular flexibility index (Phi) is 6.07. The van der Waals surface area contributed by atoms with Crippen LogP contribution in [-0.2, 0) is 4.74 Å². The molecular formula is C15H30N2O2. The van der Waals surface area contributed by atoms with Gasteiger partial charge in [-0.3, -0.25) is 4.90 Å². The van der Waals surface area contributed by atoms with Crippen LogP contribution in [0.5, 0.6) is 0 Å². The van der Waals surface area contributed by atoms with E-state index in [1.807, 2.05) is 13.8 Å². The van der Waals surface area contributed by atoms with Crippen molar-refractivity contribution < 1.29 is 9.84 Å². The second kappa shape index (κ2) is 7.58. The molecule has 2 aliphatic rings. The van der Waals surface area contributed by atoms with E-state index in [1.165, 1.54) is 25.7 Å². The lowest BCUT2D eigenvalue weighted by molar-refractivity contribution is -0.00982. The van der Waals surface area contributed by atoms with E-state index < -0.39 is 0 Å². The molecule has 19 heavy (non-hydrogen) atoms. The van der Waals surface area contributed by atoms with Crippen molar-refractivity contribution in [1.82, 2.24) is 10.2 Å². The molecular weight excluding hydrogens is 240 g/mol. The summed E-state index contributed by atoms with van der Waals surface area (Å²) in [4.78, 5) is 2.44. The molecule has 1 aliphatic carbocycles. The van der Waals surface area contributed by atoms with Crippen molar-refractivity contribution in [2.24, 2.45) is 5.92 Å². The van der Waals surface area contributed by atoms with Crippen molar-refractivity contribution in [2.45, 2.75) is 57.8 Å². The third-order valence-electron chi connectivity index (χ3n) is 3.95. The first-order valence-corrected chi connectivity index (χ1v) is 7.89. The maximum Gasteiger partial charge on any atom is 0.0900 e. The van der Waals surface area contributed by atoms with Gasteiger partial charge in [0, 0.05) is 25.7 Å². The zero-order chi connectivity index (χ0) is 13.7. The van der Waals surface area contributed by atoms with E-state index in [9.17, 15) is 5.11 Å². The standard InChI is InChI=1S/C15H30N2O2/c1-12(2)19-11-15(18)10-17(8-13-5-6-13)9-14-4-3-7-16-14/h12-16,18H,3-11H2,1-2H3. The second-order valence-electron chi connectivity index (χ2n) is 6.49. The molecule has 2 unspecified atom stereocenters. The van der Waals surface area contributed by atoms with Crippen molar-refractivity contribution in [2.75, 3.05) is 32.8 Å². The summed E-state index contributed by atoms with van der Waals surface area (Å²) in [6.45, 7) is 8.61. The van der Waals surface area contributed by atoms with Crippen LogP contribution in [0, 0.1) is 5.92 Å². The van der Waals surface area contributed by atoms with Crippen molar-refractivity contribution in [3.63, 3.8) is 0 Å². The van der Waals surface area contributed by atoms with Crippen LogP contribution in [0.15, 0.2) is 0 Å². The van der Waals surface area contributed by atoms with Crippen LogP contribution in [-0.4, -0.2) is 61.0 Å². The molecule has 4 nitrogen and oxygen atoms in total. The lowest BCUT2D eigenvalue weighted by atomic mass is 10.2. The third kappa shape index (κ3) is 6.21. The van der Waals surface area contributed by atoms with E-state index in [2.05, 4.69) is 10.2 Å². The molecule has 0 amide bonds. The Morgan fingerprint density at radius 3 is 2.63 bits per heavy atom. The number of hydrogen-bond acceptors (Lipinski definition) is 4. The van der Waals surface area contributed by atoms with Crippen molar-refractivity contribution >= 4 is 0 Å². The van der Waals surface area contributed by atoms with Gasteiger partial charge in [0.05, 0.1) is 18.8 Å². The fourth-order valence-electron chi connectivity index (χ4n) is 2.77. The highest BCUT2D eigenvalue weighted by Crippen LogP contribution is 2.30. The Morgan fingerprint density at radius 2 is 2.05 bits per heavy atom. The predicted octanol–water partition coefficient (Wildman–Crippen LogP) is 1.24. The van der Waals surface area contributed by atoms with Gasteiger partial charge >= 0.3 is 0 Å². The van der Waals surface area contributed by atoms with Gasteiger partial charge in [0.1, 0.15) is 0 Å². The number of hydrogen-bond donors (Lipinski definition) is 2. The van der Waals surface area contributed by atoms with E-state index in [0.29, 0.717) is 12.6 Å². The molecule has 1 heterocycles. The Balaban J connectivity index is 1.71.